The molecule has 2 aromatic heterocycles. The van der Waals surface area contributed by atoms with Crippen LogP contribution >= 0.6 is 0 Å². The Morgan fingerprint density at radius 1 is 1.35 bits per heavy atom. The molecule has 0 fully saturated rings. The zero-order chi connectivity index (χ0) is 14.6. The first-order valence-electron chi connectivity index (χ1n) is 5.82. The van der Waals surface area contributed by atoms with Crippen molar-refractivity contribution in [3.8, 4) is 0 Å². The summed E-state index contributed by atoms with van der Waals surface area (Å²) in [6.07, 6.45) is -1.28. The number of halogens is 3. The van der Waals surface area contributed by atoms with Crippen LogP contribution in [0.15, 0.2) is 30.6 Å². The Kier molecular flexibility index (Phi) is 4.23. The van der Waals surface area contributed by atoms with Crippen LogP contribution in [-0.4, -0.2) is 28.5 Å². The van der Waals surface area contributed by atoms with E-state index in [-0.39, 0.29) is 5.82 Å². The van der Waals surface area contributed by atoms with Gasteiger partial charge in [0.05, 0.1) is 25.0 Å². The van der Waals surface area contributed by atoms with Crippen LogP contribution in [0.2, 0.25) is 0 Å². The van der Waals surface area contributed by atoms with E-state index in [4.69, 9.17) is 4.74 Å². The molecule has 8 heteroatoms. The van der Waals surface area contributed by atoms with Crippen molar-refractivity contribution in [2.45, 2.75) is 12.7 Å². The third-order valence-corrected chi connectivity index (χ3v) is 2.47. The van der Waals surface area contributed by atoms with Gasteiger partial charge in [0.1, 0.15) is 11.5 Å². The van der Waals surface area contributed by atoms with Gasteiger partial charge in [0.2, 0.25) is 0 Å². The van der Waals surface area contributed by atoms with E-state index in [0.717, 1.165) is 6.07 Å². The van der Waals surface area contributed by atoms with Gasteiger partial charge in [-0.15, -0.1) is 0 Å². The number of ether oxygens (including phenoxy) is 1. The summed E-state index contributed by atoms with van der Waals surface area (Å²) in [6.45, 7) is 1.07. The number of methoxy groups -OCH3 is 1. The Bertz CT molecular complexity index is 568. The quantitative estimate of drug-likeness (QED) is 0.918. The van der Waals surface area contributed by atoms with Crippen LogP contribution in [0.5, 0.6) is 0 Å². The Morgan fingerprint density at radius 2 is 2.15 bits per heavy atom. The lowest BCUT2D eigenvalue weighted by molar-refractivity contribution is -0.141. The first-order chi connectivity index (χ1) is 9.49. The summed E-state index contributed by atoms with van der Waals surface area (Å²) < 4.78 is 44.1. The molecule has 0 aliphatic heterocycles. The minimum absolute atomic E-state index is 0.117. The molecule has 5 nitrogen and oxygen atoms in total. The molecule has 2 heterocycles. The third kappa shape index (κ3) is 3.70. The van der Waals surface area contributed by atoms with Crippen LogP contribution in [-0.2, 0) is 17.5 Å². The van der Waals surface area contributed by atoms with Gasteiger partial charge in [-0.2, -0.15) is 18.3 Å². The van der Waals surface area contributed by atoms with E-state index in [9.17, 15) is 13.2 Å². The molecule has 0 bridgehead atoms. The summed E-state index contributed by atoms with van der Waals surface area (Å²) in [5, 5.41) is 6.82. The molecule has 0 radical (unpaired) electrons. The monoisotopic (exact) mass is 286 g/mol. The molecule has 0 aliphatic carbocycles. The number of hydrogen-bond donors (Lipinski definition) is 1. The highest BCUT2D eigenvalue weighted by Crippen LogP contribution is 2.28. The highest BCUT2D eigenvalue weighted by molar-refractivity contribution is 5.53. The van der Waals surface area contributed by atoms with Crippen LogP contribution in [0.4, 0.5) is 24.7 Å². The number of nitrogens with zero attached hydrogens (tertiary/aromatic N) is 3. The van der Waals surface area contributed by atoms with Gasteiger partial charge in [-0.25, -0.2) is 4.98 Å². The van der Waals surface area contributed by atoms with Crippen LogP contribution in [0.25, 0.3) is 0 Å². The molecule has 0 atom stereocenters. The third-order valence-electron chi connectivity index (χ3n) is 2.47. The van der Waals surface area contributed by atoms with E-state index in [1.54, 1.807) is 18.0 Å². The van der Waals surface area contributed by atoms with Gasteiger partial charge in [-0.3, -0.25) is 4.68 Å². The molecule has 0 aromatic carbocycles. The van der Waals surface area contributed by atoms with Crippen molar-refractivity contribution in [2.24, 2.45) is 0 Å². The molecule has 2 rings (SSSR count). The maximum Gasteiger partial charge on any atom is 0.433 e. The zero-order valence-corrected chi connectivity index (χ0v) is 10.7. The average molecular weight is 286 g/mol. The second kappa shape index (κ2) is 5.91. The van der Waals surface area contributed by atoms with Crippen molar-refractivity contribution >= 4 is 11.5 Å². The van der Waals surface area contributed by atoms with E-state index in [1.807, 2.05) is 0 Å². The molecular formula is C12H13F3N4O. The molecule has 0 unspecified atom stereocenters. The van der Waals surface area contributed by atoms with Gasteiger partial charge in [-0.05, 0) is 12.1 Å². The lowest BCUT2D eigenvalue weighted by Gasteiger charge is -2.08. The number of hydrogen-bond acceptors (Lipinski definition) is 4. The van der Waals surface area contributed by atoms with E-state index < -0.39 is 11.9 Å². The first-order valence-corrected chi connectivity index (χ1v) is 5.82. The summed E-state index contributed by atoms with van der Waals surface area (Å²) in [7, 11) is 1.58. The van der Waals surface area contributed by atoms with Gasteiger partial charge in [0.15, 0.2) is 0 Å². The molecule has 0 amide bonds. The normalized spacial score (nSPS) is 11.6. The number of anilines is 2. The zero-order valence-electron chi connectivity index (χ0n) is 10.7. The maximum absolute atomic E-state index is 12.5. The number of rotatable bonds is 5. The summed E-state index contributed by atoms with van der Waals surface area (Å²) in [5.41, 5.74) is -0.373. The van der Waals surface area contributed by atoms with E-state index >= 15 is 0 Å². The highest BCUT2D eigenvalue weighted by atomic mass is 19.4. The Balaban J connectivity index is 2.08. The molecular weight excluding hydrogens is 273 g/mol. The Hall–Kier alpha value is -2.09. The Morgan fingerprint density at radius 3 is 2.85 bits per heavy atom. The van der Waals surface area contributed by atoms with E-state index in [0.29, 0.717) is 18.8 Å². The van der Waals surface area contributed by atoms with Gasteiger partial charge in [0, 0.05) is 13.3 Å². The van der Waals surface area contributed by atoms with Crippen LogP contribution in [0, 0.1) is 0 Å². The minimum atomic E-state index is -4.46. The maximum atomic E-state index is 12.5. The highest BCUT2D eigenvalue weighted by Gasteiger charge is 2.32. The van der Waals surface area contributed by atoms with Crippen molar-refractivity contribution < 1.29 is 17.9 Å². The molecule has 2 aromatic rings. The molecule has 108 valence electrons. The summed E-state index contributed by atoms with van der Waals surface area (Å²) in [5.74, 6) is 0.117. The SMILES string of the molecule is COCCn1cc(Nc2cccc(C(F)(F)F)n2)cn1. The van der Waals surface area contributed by atoms with Crippen molar-refractivity contribution in [1.82, 2.24) is 14.8 Å². The first kappa shape index (κ1) is 14.3. The minimum Gasteiger partial charge on any atom is -0.383 e. The molecule has 20 heavy (non-hydrogen) atoms. The van der Waals surface area contributed by atoms with Gasteiger partial charge >= 0.3 is 6.18 Å². The topological polar surface area (TPSA) is 52.0 Å². The second-order valence-electron chi connectivity index (χ2n) is 4.02. The number of nitrogens with one attached hydrogen (secondary N) is 1. The lowest BCUT2D eigenvalue weighted by atomic mass is 10.3. The summed E-state index contributed by atoms with van der Waals surface area (Å²) in [6, 6.07) is 3.68. The smallest absolute Gasteiger partial charge is 0.383 e. The molecule has 0 saturated carbocycles. The molecule has 0 saturated heterocycles. The molecule has 1 N–H and O–H groups in total. The predicted octanol–water partition coefficient (Wildman–Crippen LogP) is 2.69. The second-order valence-corrected chi connectivity index (χ2v) is 4.02. The summed E-state index contributed by atoms with van der Waals surface area (Å²) in [4.78, 5) is 3.51. The number of alkyl halides is 3. The van der Waals surface area contributed by atoms with Crippen molar-refractivity contribution in [2.75, 3.05) is 19.0 Å². The van der Waals surface area contributed by atoms with Crippen molar-refractivity contribution in [1.29, 1.82) is 0 Å². The molecule has 0 aliphatic rings. The number of aromatic nitrogens is 3. The standard InChI is InChI=1S/C12H13F3N4O/c1-20-6-5-19-8-9(7-16-19)17-11-4-2-3-10(18-11)12(13,14)15/h2-4,7-8H,5-6H2,1H3,(H,17,18). The van der Waals surface area contributed by atoms with E-state index in [1.165, 1.54) is 18.3 Å². The van der Waals surface area contributed by atoms with Crippen molar-refractivity contribution in [3.63, 3.8) is 0 Å². The van der Waals surface area contributed by atoms with E-state index in [2.05, 4.69) is 15.4 Å². The van der Waals surface area contributed by atoms with Gasteiger partial charge in [0.25, 0.3) is 0 Å². The van der Waals surface area contributed by atoms with Crippen molar-refractivity contribution in [3.05, 3.63) is 36.3 Å². The molecule has 0 spiro atoms. The lowest BCUT2D eigenvalue weighted by Crippen LogP contribution is -2.08. The van der Waals surface area contributed by atoms with Crippen LogP contribution in [0.3, 0.4) is 0 Å². The fraction of sp³-hybridized carbons (Fsp3) is 0.333. The predicted molar refractivity (Wildman–Crippen MR) is 66.6 cm³/mol. The fourth-order valence-electron chi connectivity index (χ4n) is 1.55. The largest absolute Gasteiger partial charge is 0.433 e. The fourth-order valence-corrected chi connectivity index (χ4v) is 1.55. The van der Waals surface area contributed by atoms with Crippen LogP contribution < -0.4 is 5.32 Å². The number of pyridine rings is 1. The average Bonchev–Trinajstić information content (AvgIpc) is 2.83. The van der Waals surface area contributed by atoms with Gasteiger partial charge in [-0.1, -0.05) is 6.07 Å². The Labute approximate surface area is 113 Å². The van der Waals surface area contributed by atoms with Crippen LogP contribution in [0.1, 0.15) is 5.69 Å². The van der Waals surface area contributed by atoms with Gasteiger partial charge < -0.3 is 10.1 Å². The summed E-state index contributed by atoms with van der Waals surface area (Å²) >= 11 is 0.